The molecule has 0 aromatic heterocycles. The molecule has 0 aliphatic rings. The summed E-state index contributed by atoms with van der Waals surface area (Å²) in [5.41, 5.74) is 1.01. The zero-order chi connectivity index (χ0) is 15.8. The number of fused-ring (bicyclic) bond motifs is 1. The number of unbranched alkanes of at least 4 members (excludes halogenated alkanes) is 1. The minimum Gasteiger partial charge on any atom is -0.470 e. The Labute approximate surface area is 130 Å². The smallest absolute Gasteiger partial charge is 0.230 e. The van der Waals surface area contributed by atoms with Crippen LogP contribution in [0.1, 0.15) is 31.7 Å². The lowest BCUT2D eigenvalue weighted by Gasteiger charge is -2.09. The second kappa shape index (κ2) is 8.17. The van der Waals surface area contributed by atoms with Crippen LogP contribution in [0.5, 0.6) is 0 Å². The van der Waals surface area contributed by atoms with E-state index in [1.165, 1.54) is 0 Å². The Kier molecular flexibility index (Phi) is 5.95. The van der Waals surface area contributed by atoms with Crippen LogP contribution in [0.2, 0.25) is 0 Å². The Balaban J connectivity index is 2.02. The van der Waals surface area contributed by atoms with Crippen molar-refractivity contribution in [2.24, 2.45) is 5.16 Å². The van der Waals surface area contributed by atoms with Crippen molar-refractivity contribution < 1.29 is 14.7 Å². The molecule has 0 amide bonds. The summed E-state index contributed by atoms with van der Waals surface area (Å²) in [5, 5.41) is 14.5. The van der Waals surface area contributed by atoms with Crippen molar-refractivity contribution in [3.05, 3.63) is 48.0 Å². The monoisotopic (exact) mass is 299 g/mol. The number of nitrogens with zero attached hydrogens (tertiary/aromatic N) is 1. The van der Waals surface area contributed by atoms with Crippen LogP contribution in [0.4, 0.5) is 0 Å². The summed E-state index contributed by atoms with van der Waals surface area (Å²) in [4.78, 5) is 11.6. The molecule has 0 atom stereocenters. The molecule has 0 aliphatic carbocycles. The number of rotatable bonds is 7. The third-order valence-corrected chi connectivity index (χ3v) is 3.54. The first kappa shape index (κ1) is 16.0. The number of benzene rings is 2. The predicted octanol–water partition coefficient (Wildman–Crippen LogP) is 3.95. The van der Waals surface area contributed by atoms with Gasteiger partial charge in [-0.3, -0.25) is 4.79 Å². The van der Waals surface area contributed by atoms with Crippen LogP contribution >= 0.6 is 0 Å². The van der Waals surface area contributed by atoms with Gasteiger partial charge in [-0.1, -0.05) is 61.0 Å². The highest BCUT2D eigenvalue weighted by atomic mass is 16.5. The largest absolute Gasteiger partial charge is 0.470 e. The molecule has 22 heavy (non-hydrogen) atoms. The fourth-order valence-electron chi connectivity index (χ4n) is 2.33. The summed E-state index contributed by atoms with van der Waals surface area (Å²) in [6, 6.07) is 14.0. The Hall–Kier alpha value is -2.36. The second-order valence-corrected chi connectivity index (χ2v) is 5.24. The molecule has 0 heterocycles. The summed E-state index contributed by atoms with van der Waals surface area (Å²) in [5.74, 6) is 0.196. The van der Waals surface area contributed by atoms with E-state index < -0.39 is 0 Å². The lowest BCUT2D eigenvalue weighted by molar-refractivity contribution is -0.121. The molecule has 0 unspecified atom stereocenters. The Morgan fingerprint density at radius 1 is 1.18 bits per heavy atom. The van der Waals surface area contributed by atoms with Crippen LogP contribution in [0.3, 0.4) is 0 Å². The third-order valence-electron chi connectivity index (χ3n) is 3.54. The first-order valence-electron chi connectivity index (χ1n) is 7.56. The molecule has 0 fully saturated rings. The van der Waals surface area contributed by atoms with E-state index in [-0.39, 0.29) is 18.3 Å². The highest BCUT2D eigenvalue weighted by Gasteiger charge is 2.09. The molecule has 0 saturated heterocycles. The topological polar surface area (TPSA) is 58.9 Å². The number of Topliss-reactive ketones (excluding diaryl/α,β-unsaturated/α-hetero) is 1. The maximum Gasteiger partial charge on any atom is 0.230 e. The summed E-state index contributed by atoms with van der Waals surface area (Å²) < 4.78 is 5.35. The van der Waals surface area contributed by atoms with Gasteiger partial charge in [0.15, 0.2) is 5.78 Å². The highest BCUT2D eigenvalue weighted by Crippen LogP contribution is 2.19. The average molecular weight is 299 g/mol. The molecule has 0 bridgehead atoms. The van der Waals surface area contributed by atoms with Gasteiger partial charge < -0.3 is 9.94 Å². The molecular formula is C18H21NO3. The minimum absolute atomic E-state index is 0.0286. The van der Waals surface area contributed by atoms with E-state index >= 15 is 0 Å². The Morgan fingerprint density at radius 2 is 1.95 bits per heavy atom. The lowest BCUT2D eigenvalue weighted by atomic mass is 10.0. The number of ether oxygens (including phenoxy) is 1. The van der Waals surface area contributed by atoms with E-state index in [4.69, 9.17) is 9.94 Å². The van der Waals surface area contributed by atoms with E-state index in [0.717, 1.165) is 29.2 Å². The zero-order valence-corrected chi connectivity index (χ0v) is 12.8. The fourth-order valence-corrected chi connectivity index (χ4v) is 2.33. The Bertz CT molecular complexity index is 659. The van der Waals surface area contributed by atoms with Crippen molar-refractivity contribution in [1.82, 2.24) is 0 Å². The van der Waals surface area contributed by atoms with Crippen LogP contribution in [0.15, 0.2) is 47.6 Å². The van der Waals surface area contributed by atoms with E-state index in [1.54, 1.807) is 0 Å². The SMILES string of the molecule is CCCCC(=O)COC(Cc1cccc2ccccc12)=NO. The van der Waals surface area contributed by atoms with E-state index in [2.05, 4.69) is 5.16 Å². The second-order valence-electron chi connectivity index (χ2n) is 5.24. The zero-order valence-electron chi connectivity index (χ0n) is 12.8. The van der Waals surface area contributed by atoms with Gasteiger partial charge in [-0.25, -0.2) is 0 Å². The molecule has 0 saturated carbocycles. The van der Waals surface area contributed by atoms with Gasteiger partial charge in [0.2, 0.25) is 5.90 Å². The number of ketones is 1. The predicted molar refractivity (Wildman–Crippen MR) is 87.4 cm³/mol. The molecule has 0 aliphatic heterocycles. The van der Waals surface area contributed by atoms with Crippen molar-refractivity contribution in [3.8, 4) is 0 Å². The maximum atomic E-state index is 11.6. The molecule has 1 N–H and O–H groups in total. The number of carbonyl (C=O) groups is 1. The standard InChI is InChI=1S/C18H21NO3/c1-2-3-10-16(20)13-22-18(19-21)12-15-9-6-8-14-7-4-5-11-17(14)15/h4-9,11,21H,2-3,10,12-13H2,1H3. The first-order chi connectivity index (χ1) is 10.7. The molecule has 0 spiro atoms. The van der Waals surface area contributed by atoms with E-state index in [0.29, 0.717) is 12.8 Å². The highest BCUT2D eigenvalue weighted by molar-refractivity contribution is 5.91. The molecule has 2 aromatic rings. The molecule has 4 heteroatoms. The van der Waals surface area contributed by atoms with Gasteiger partial charge in [0, 0.05) is 6.42 Å². The molecule has 2 aromatic carbocycles. The quantitative estimate of drug-likeness (QED) is 0.364. The van der Waals surface area contributed by atoms with Gasteiger partial charge >= 0.3 is 0 Å². The number of hydrogen-bond acceptors (Lipinski definition) is 4. The van der Waals surface area contributed by atoms with E-state index in [1.807, 2.05) is 49.4 Å². The third kappa shape index (κ3) is 4.32. The van der Waals surface area contributed by atoms with Gasteiger partial charge in [-0.15, -0.1) is 0 Å². The number of oxime groups is 1. The lowest BCUT2D eigenvalue weighted by Crippen LogP contribution is -2.16. The molecule has 2 rings (SSSR count). The van der Waals surface area contributed by atoms with Gasteiger partial charge in [0.25, 0.3) is 0 Å². The van der Waals surface area contributed by atoms with Crippen LogP contribution < -0.4 is 0 Å². The van der Waals surface area contributed by atoms with Gasteiger partial charge in [-0.2, -0.15) is 0 Å². The normalized spacial score (nSPS) is 11.6. The van der Waals surface area contributed by atoms with Crippen molar-refractivity contribution >= 4 is 22.5 Å². The summed E-state index contributed by atoms with van der Waals surface area (Å²) >= 11 is 0. The summed E-state index contributed by atoms with van der Waals surface area (Å²) in [6.45, 7) is 2.00. The summed E-state index contributed by atoms with van der Waals surface area (Å²) in [7, 11) is 0. The number of carbonyl (C=O) groups excluding carboxylic acids is 1. The minimum atomic E-state index is -0.0375. The maximum absolute atomic E-state index is 11.6. The van der Waals surface area contributed by atoms with Crippen molar-refractivity contribution in [1.29, 1.82) is 0 Å². The van der Waals surface area contributed by atoms with Gasteiger partial charge in [-0.05, 0) is 22.8 Å². The molecule has 0 radical (unpaired) electrons. The average Bonchev–Trinajstić information content (AvgIpc) is 2.56. The van der Waals surface area contributed by atoms with Crippen molar-refractivity contribution in [3.63, 3.8) is 0 Å². The van der Waals surface area contributed by atoms with Crippen molar-refractivity contribution in [2.45, 2.75) is 32.6 Å². The van der Waals surface area contributed by atoms with Crippen molar-refractivity contribution in [2.75, 3.05) is 6.61 Å². The molecule has 116 valence electrons. The first-order valence-corrected chi connectivity index (χ1v) is 7.56. The van der Waals surface area contributed by atoms with Crippen LogP contribution in [-0.2, 0) is 16.0 Å². The van der Waals surface area contributed by atoms with Crippen LogP contribution in [-0.4, -0.2) is 23.5 Å². The fraction of sp³-hybridized carbons (Fsp3) is 0.333. The molecule has 4 nitrogen and oxygen atoms in total. The number of hydrogen-bond donors (Lipinski definition) is 1. The van der Waals surface area contributed by atoms with Crippen LogP contribution in [0, 0.1) is 0 Å². The van der Waals surface area contributed by atoms with Gasteiger partial charge in [0.05, 0.1) is 6.42 Å². The molecular weight excluding hydrogens is 278 g/mol. The summed E-state index contributed by atoms with van der Waals surface area (Å²) in [6.07, 6.45) is 2.70. The Morgan fingerprint density at radius 3 is 2.73 bits per heavy atom. The van der Waals surface area contributed by atoms with Crippen LogP contribution in [0.25, 0.3) is 10.8 Å². The van der Waals surface area contributed by atoms with Gasteiger partial charge in [0.1, 0.15) is 6.61 Å². The van der Waals surface area contributed by atoms with E-state index in [9.17, 15) is 4.79 Å².